The highest BCUT2D eigenvalue weighted by molar-refractivity contribution is 6.33. The molecule has 2 aromatic carbocycles. The van der Waals surface area contributed by atoms with E-state index in [4.69, 9.17) is 11.6 Å². The summed E-state index contributed by atoms with van der Waals surface area (Å²) < 4.78 is 0. The van der Waals surface area contributed by atoms with Crippen LogP contribution in [0.4, 0.5) is 11.4 Å². The fourth-order valence-corrected chi connectivity index (χ4v) is 4.26. The van der Waals surface area contributed by atoms with Gasteiger partial charge in [-0.1, -0.05) is 29.8 Å². The topological polar surface area (TPSA) is 75.3 Å². The smallest absolute Gasteiger partial charge is 0.229 e. The van der Waals surface area contributed by atoms with Gasteiger partial charge in [-0.25, -0.2) is 9.98 Å². The molecule has 0 bridgehead atoms. The van der Waals surface area contributed by atoms with Crippen LogP contribution in [0.2, 0.25) is 5.02 Å². The lowest BCUT2D eigenvalue weighted by molar-refractivity contribution is -0.117. The lowest BCUT2D eigenvalue weighted by atomic mass is 10.1. The molecule has 0 saturated carbocycles. The fourth-order valence-electron chi connectivity index (χ4n) is 4.01. The van der Waals surface area contributed by atoms with Gasteiger partial charge in [-0.2, -0.15) is 5.26 Å². The first-order valence-electron chi connectivity index (χ1n) is 9.55. The van der Waals surface area contributed by atoms with Crippen LogP contribution in [0.25, 0.3) is 0 Å². The van der Waals surface area contributed by atoms with Crippen molar-refractivity contribution in [3.63, 3.8) is 0 Å². The van der Waals surface area contributed by atoms with Gasteiger partial charge in [0.25, 0.3) is 0 Å². The van der Waals surface area contributed by atoms with Gasteiger partial charge in [0.05, 0.1) is 35.1 Å². The van der Waals surface area contributed by atoms with Crippen molar-refractivity contribution in [2.24, 2.45) is 9.98 Å². The molecule has 1 saturated heterocycles. The second-order valence-electron chi connectivity index (χ2n) is 7.27. The maximum atomic E-state index is 12.8. The Bertz CT molecular complexity index is 1160. The lowest BCUT2D eigenvalue weighted by Gasteiger charge is -2.39. The van der Waals surface area contributed by atoms with Gasteiger partial charge in [0.2, 0.25) is 5.91 Å². The number of anilines is 2. The van der Waals surface area contributed by atoms with Crippen molar-refractivity contribution in [3.05, 3.63) is 71.0 Å². The molecule has 0 N–H and O–H groups in total. The highest BCUT2D eigenvalue weighted by Crippen LogP contribution is 2.33. The number of aliphatic imine (C=N–C) groups is 2. The zero-order chi connectivity index (χ0) is 20.7. The Balaban J connectivity index is 1.44. The number of hydrogen-bond acceptors (Lipinski definition) is 6. The van der Waals surface area contributed by atoms with Crippen molar-refractivity contribution in [1.29, 1.82) is 5.26 Å². The molecule has 1 atom stereocenters. The number of rotatable bonds is 3. The summed E-state index contributed by atoms with van der Waals surface area (Å²) >= 11 is 6.42. The van der Waals surface area contributed by atoms with Gasteiger partial charge in [-0.05, 0) is 30.3 Å². The maximum Gasteiger partial charge on any atom is 0.229 e. The van der Waals surface area contributed by atoms with Gasteiger partial charge in [0.1, 0.15) is 12.0 Å². The first-order chi connectivity index (χ1) is 14.6. The number of para-hydroxylation sites is 1. The molecule has 1 unspecified atom stereocenters. The number of carbonyl (C=O) groups is 1. The highest BCUT2D eigenvalue weighted by atomic mass is 35.5. The van der Waals surface area contributed by atoms with E-state index in [1.54, 1.807) is 23.1 Å². The quantitative estimate of drug-likeness (QED) is 0.768. The number of halogens is 1. The van der Waals surface area contributed by atoms with Crippen molar-refractivity contribution in [1.82, 2.24) is 4.90 Å². The molecule has 7 nitrogen and oxygen atoms in total. The van der Waals surface area contributed by atoms with Gasteiger partial charge < -0.3 is 14.7 Å². The summed E-state index contributed by atoms with van der Waals surface area (Å²) in [6.45, 7) is 1.02. The molecule has 0 aliphatic carbocycles. The number of fused-ring (bicyclic) bond motifs is 1. The van der Waals surface area contributed by atoms with E-state index in [1.165, 1.54) is 6.34 Å². The third kappa shape index (κ3) is 3.11. The molecule has 3 heterocycles. The Morgan fingerprint density at radius 3 is 2.87 bits per heavy atom. The van der Waals surface area contributed by atoms with Gasteiger partial charge >= 0.3 is 0 Å². The number of nitriles is 1. The number of nitrogens with zero attached hydrogens (tertiary/aromatic N) is 6. The van der Waals surface area contributed by atoms with E-state index in [9.17, 15) is 10.1 Å². The molecular weight excluding hydrogens is 400 g/mol. The lowest BCUT2D eigenvalue weighted by Crippen LogP contribution is -2.50. The van der Waals surface area contributed by atoms with E-state index in [0.717, 1.165) is 22.9 Å². The second kappa shape index (κ2) is 7.32. The summed E-state index contributed by atoms with van der Waals surface area (Å²) in [5, 5.41) is 9.82. The Morgan fingerprint density at radius 1 is 1.17 bits per heavy atom. The molecule has 30 heavy (non-hydrogen) atoms. The highest BCUT2D eigenvalue weighted by Gasteiger charge is 2.39. The molecule has 5 rings (SSSR count). The normalized spacial score (nSPS) is 20.2. The SMILES string of the molecule is N#Cc1cccc(N2CC(N3CN(c4ccccc4Cl)C=C4N=CN=C43)CC2=O)c1. The van der Waals surface area contributed by atoms with Gasteiger partial charge in [0.15, 0.2) is 5.84 Å². The van der Waals surface area contributed by atoms with E-state index >= 15 is 0 Å². The Morgan fingerprint density at radius 2 is 2.03 bits per heavy atom. The van der Waals surface area contributed by atoms with Crippen LogP contribution in [0, 0.1) is 11.3 Å². The summed E-state index contributed by atoms with van der Waals surface area (Å²) in [5.41, 5.74) is 2.89. The van der Waals surface area contributed by atoms with E-state index in [-0.39, 0.29) is 11.9 Å². The van der Waals surface area contributed by atoms with Crippen LogP contribution >= 0.6 is 11.6 Å². The van der Waals surface area contributed by atoms with E-state index in [1.807, 2.05) is 41.4 Å². The molecule has 8 heteroatoms. The average Bonchev–Trinajstić information content (AvgIpc) is 3.40. The molecule has 2 aromatic rings. The van der Waals surface area contributed by atoms with Crippen LogP contribution in [-0.2, 0) is 4.79 Å². The summed E-state index contributed by atoms with van der Waals surface area (Å²) in [7, 11) is 0. The second-order valence-corrected chi connectivity index (χ2v) is 7.68. The number of amidine groups is 1. The molecule has 1 amide bonds. The molecule has 3 aliphatic rings. The molecule has 148 valence electrons. The van der Waals surface area contributed by atoms with Gasteiger partial charge in [0, 0.05) is 24.9 Å². The standard InChI is InChI=1S/C22H17ClN6O/c23-18-6-1-2-7-20(18)27-12-19-22(26-13-25-19)29(14-27)17-9-21(30)28(11-17)16-5-3-4-15(8-16)10-24/h1-8,12-13,17H,9,11,14H2. The van der Waals surface area contributed by atoms with Crippen molar-refractivity contribution in [2.75, 3.05) is 23.0 Å². The van der Waals surface area contributed by atoms with Crippen LogP contribution in [0.5, 0.6) is 0 Å². The summed E-state index contributed by atoms with van der Waals surface area (Å²) in [4.78, 5) is 27.5. The van der Waals surface area contributed by atoms with E-state index < -0.39 is 0 Å². The monoisotopic (exact) mass is 416 g/mol. The van der Waals surface area contributed by atoms with Crippen LogP contribution in [0.1, 0.15) is 12.0 Å². The minimum absolute atomic E-state index is 0.0231. The molecular formula is C22H17ClN6O. The zero-order valence-corrected chi connectivity index (χ0v) is 16.7. The predicted molar refractivity (Wildman–Crippen MR) is 117 cm³/mol. The molecule has 0 aromatic heterocycles. The van der Waals surface area contributed by atoms with Crippen molar-refractivity contribution in [2.45, 2.75) is 12.5 Å². The van der Waals surface area contributed by atoms with E-state index in [0.29, 0.717) is 30.2 Å². The third-order valence-corrected chi connectivity index (χ3v) is 5.77. The summed E-state index contributed by atoms with van der Waals surface area (Å²) in [6, 6.07) is 16.8. The number of amides is 1. The minimum atomic E-state index is -0.0719. The molecule has 0 radical (unpaired) electrons. The predicted octanol–water partition coefficient (Wildman–Crippen LogP) is 3.38. The molecule has 0 spiro atoms. The zero-order valence-electron chi connectivity index (χ0n) is 15.9. The molecule has 1 fully saturated rings. The van der Waals surface area contributed by atoms with Crippen molar-refractivity contribution >= 4 is 41.1 Å². The number of hydrogen-bond donors (Lipinski definition) is 0. The first-order valence-corrected chi connectivity index (χ1v) is 9.93. The van der Waals surface area contributed by atoms with Crippen LogP contribution < -0.4 is 9.80 Å². The summed E-state index contributed by atoms with van der Waals surface area (Å²) in [6.07, 6.45) is 3.83. The van der Waals surface area contributed by atoms with Gasteiger partial charge in [-0.15, -0.1) is 0 Å². The number of benzene rings is 2. The van der Waals surface area contributed by atoms with E-state index in [2.05, 4.69) is 21.0 Å². The molecule has 3 aliphatic heterocycles. The Labute approximate surface area is 178 Å². The van der Waals surface area contributed by atoms with Crippen LogP contribution in [-0.4, -0.2) is 42.2 Å². The summed E-state index contributed by atoms with van der Waals surface area (Å²) in [5.74, 6) is 0.790. The third-order valence-electron chi connectivity index (χ3n) is 5.46. The van der Waals surface area contributed by atoms with Crippen LogP contribution in [0.3, 0.4) is 0 Å². The van der Waals surface area contributed by atoms with Gasteiger partial charge in [-0.3, -0.25) is 4.79 Å². The number of carbonyl (C=O) groups excluding carboxylic acids is 1. The maximum absolute atomic E-state index is 12.8. The van der Waals surface area contributed by atoms with Crippen molar-refractivity contribution < 1.29 is 4.79 Å². The largest absolute Gasteiger partial charge is 0.331 e. The fraction of sp³-hybridized carbons (Fsp3) is 0.182. The van der Waals surface area contributed by atoms with Crippen LogP contribution in [0.15, 0.2) is 70.4 Å². The Hall–Kier alpha value is -3.63. The first kappa shape index (κ1) is 18.4. The minimum Gasteiger partial charge on any atom is -0.331 e. The average molecular weight is 417 g/mol. The Kier molecular flexibility index (Phi) is 4.49. The van der Waals surface area contributed by atoms with Crippen molar-refractivity contribution in [3.8, 4) is 6.07 Å².